The van der Waals surface area contributed by atoms with Crippen LogP contribution >= 0.6 is 11.3 Å². The van der Waals surface area contributed by atoms with Crippen molar-refractivity contribution in [1.29, 1.82) is 0 Å². The Morgan fingerprint density at radius 3 is 2.85 bits per heavy atom. The Kier molecular flexibility index (Phi) is 4.18. The van der Waals surface area contributed by atoms with E-state index in [2.05, 4.69) is 20.3 Å². The van der Waals surface area contributed by atoms with Gasteiger partial charge in [-0.15, -0.1) is 23.4 Å². The zero-order valence-electron chi connectivity index (χ0n) is 9.85. The minimum Gasteiger partial charge on any atom is -0.406 e. The molecule has 5 nitrogen and oxygen atoms in total. The van der Waals surface area contributed by atoms with Gasteiger partial charge in [0.25, 0.3) is 0 Å². The van der Waals surface area contributed by atoms with Gasteiger partial charge in [0.15, 0.2) is 0 Å². The highest BCUT2D eigenvalue weighted by molar-refractivity contribution is 7.13. The molecule has 0 saturated carbocycles. The van der Waals surface area contributed by atoms with Crippen LogP contribution in [-0.4, -0.2) is 22.5 Å². The fourth-order valence-corrected chi connectivity index (χ4v) is 1.89. The van der Waals surface area contributed by atoms with Crippen molar-refractivity contribution in [3.8, 4) is 5.75 Å². The van der Waals surface area contributed by atoms with E-state index in [1.54, 1.807) is 0 Å². The monoisotopic (exact) mass is 303 g/mol. The standard InChI is InChI=1S/C11H8F3N3O2S/c12-11(13,14)19-8-3-1-2-7(4-8)5-9(18)16-10-17-15-6-20-10/h1-4,6H,5H2,(H,16,17,18). The number of nitrogens with zero attached hydrogens (tertiary/aromatic N) is 2. The quantitative estimate of drug-likeness (QED) is 0.943. The minimum atomic E-state index is -4.76. The largest absolute Gasteiger partial charge is 0.573 e. The summed E-state index contributed by atoms with van der Waals surface area (Å²) in [6.07, 6.45) is -4.85. The molecule has 0 fully saturated rings. The topological polar surface area (TPSA) is 64.1 Å². The molecule has 1 aromatic heterocycles. The normalized spacial score (nSPS) is 11.2. The van der Waals surface area contributed by atoms with Gasteiger partial charge in [-0.25, -0.2) is 0 Å². The van der Waals surface area contributed by atoms with Crippen molar-refractivity contribution in [2.75, 3.05) is 5.32 Å². The van der Waals surface area contributed by atoms with E-state index in [4.69, 9.17) is 0 Å². The van der Waals surface area contributed by atoms with Gasteiger partial charge in [0, 0.05) is 0 Å². The summed E-state index contributed by atoms with van der Waals surface area (Å²) in [5, 5.41) is 9.98. The number of aromatic nitrogens is 2. The van der Waals surface area contributed by atoms with Gasteiger partial charge in [0.1, 0.15) is 11.3 Å². The van der Waals surface area contributed by atoms with Crippen LogP contribution in [0.3, 0.4) is 0 Å². The highest BCUT2D eigenvalue weighted by Gasteiger charge is 2.31. The summed E-state index contributed by atoms with van der Waals surface area (Å²) in [6, 6.07) is 5.24. The number of carbonyl (C=O) groups is 1. The molecular weight excluding hydrogens is 295 g/mol. The minimum absolute atomic E-state index is 0.0887. The number of rotatable bonds is 4. The summed E-state index contributed by atoms with van der Waals surface area (Å²) in [7, 11) is 0. The number of nitrogens with one attached hydrogen (secondary N) is 1. The van der Waals surface area contributed by atoms with E-state index in [-0.39, 0.29) is 12.2 Å². The van der Waals surface area contributed by atoms with Gasteiger partial charge in [-0.05, 0) is 17.7 Å². The van der Waals surface area contributed by atoms with Gasteiger partial charge in [-0.3, -0.25) is 4.79 Å². The predicted octanol–water partition coefficient (Wildman–Crippen LogP) is 2.62. The summed E-state index contributed by atoms with van der Waals surface area (Å²) in [5.41, 5.74) is 1.85. The molecule has 0 bridgehead atoms. The van der Waals surface area contributed by atoms with Crippen LogP contribution in [0.4, 0.5) is 18.3 Å². The van der Waals surface area contributed by atoms with E-state index in [0.29, 0.717) is 10.7 Å². The van der Waals surface area contributed by atoms with Gasteiger partial charge in [-0.1, -0.05) is 23.5 Å². The molecule has 0 aliphatic carbocycles. The summed E-state index contributed by atoms with van der Waals surface area (Å²) >= 11 is 1.15. The maximum absolute atomic E-state index is 12.1. The SMILES string of the molecule is O=C(Cc1cccc(OC(F)(F)F)c1)Nc1nncs1. The van der Waals surface area contributed by atoms with Gasteiger partial charge >= 0.3 is 6.36 Å². The molecule has 0 saturated heterocycles. The number of hydrogen-bond acceptors (Lipinski definition) is 5. The lowest BCUT2D eigenvalue weighted by Gasteiger charge is -2.09. The fourth-order valence-electron chi connectivity index (χ4n) is 1.43. The molecule has 0 aliphatic heterocycles. The lowest BCUT2D eigenvalue weighted by atomic mass is 10.1. The first-order chi connectivity index (χ1) is 9.42. The molecule has 1 N–H and O–H groups in total. The van der Waals surface area contributed by atoms with Crippen LogP contribution in [0.15, 0.2) is 29.8 Å². The molecule has 1 aromatic carbocycles. The number of carbonyl (C=O) groups excluding carboxylic acids is 1. The van der Waals surface area contributed by atoms with Crippen molar-refractivity contribution in [3.05, 3.63) is 35.3 Å². The molecule has 9 heteroatoms. The van der Waals surface area contributed by atoms with Crippen molar-refractivity contribution >= 4 is 22.4 Å². The lowest BCUT2D eigenvalue weighted by Crippen LogP contribution is -2.17. The third kappa shape index (κ3) is 4.50. The summed E-state index contributed by atoms with van der Waals surface area (Å²) < 4.78 is 40.0. The van der Waals surface area contributed by atoms with Crippen molar-refractivity contribution in [2.45, 2.75) is 12.8 Å². The Morgan fingerprint density at radius 1 is 1.40 bits per heavy atom. The molecule has 2 aromatic rings. The van der Waals surface area contributed by atoms with E-state index in [9.17, 15) is 18.0 Å². The smallest absolute Gasteiger partial charge is 0.406 e. The second kappa shape index (κ2) is 5.87. The average molecular weight is 303 g/mol. The highest BCUT2D eigenvalue weighted by Crippen LogP contribution is 2.23. The number of alkyl halides is 3. The Labute approximate surface area is 115 Å². The van der Waals surface area contributed by atoms with Crippen LogP contribution in [0.5, 0.6) is 5.75 Å². The zero-order chi connectivity index (χ0) is 14.6. The second-order valence-electron chi connectivity index (χ2n) is 3.66. The fraction of sp³-hybridized carbons (Fsp3) is 0.182. The number of ether oxygens (including phenoxy) is 1. The number of benzene rings is 1. The summed E-state index contributed by atoms with van der Waals surface area (Å²) in [6.45, 7) is 0. The summed E-state index contributed by atoms with van der Waals surface area (Å²) in [4.78, 5) is 11.6. The van der Waals surface area contributed by atoms with Gasteiger partial charge in [-0.2, -0.15) is 0 Å². The summed E-state index contributed by atoms with van der Waals surface area (Å²) in [5.74, 6) is -0.760. The number of hydrogen-bond donors (Lipinski definition) is 1. The highest BCUT2D eigenvalue weighted by atomic mass is 32.1. The number of halogens is 3. The molecule has 20 heavy (non-hydrogen) atoms. The van der Waals surface area contributed by atoms with Gasteiger partial charge < -0.3 is 10.1 Å². The van der Waals surface area contributed by atoms with E-state index >= 15 is 0 Å². The van der Waals surface area contributed by atoms with Crippen LogP contribution in [0.25, 0.3) is 0 Å². The van der Waals surface area contributed by atoms with Crippen LogP contribution in [0.1, 0.15) is 5.56 Å². The Hall–Kier alpha value is -2.16. The van der Waals surface area contributed by atoms with E-state index in [1.807, 2.05) is 0 Å². The van der Waals surface area contributed by atoms with Crippen molar-refractivity contribution < 1.29 is 22.7 Å². The van der Waals surface area contributed by atoms with Gasteiger partial charge in [0.2, 0.25) is 11.0 Å². The van der Waals surface area contributed by atoms with Gasteiger partial charge in [0.05, 0.1) is 6.42 Å². The molecule has 0 aliphatic rings. The molecule has 0 spiro atoms. The molecular formula is C11H8F3N3O2S. The first kappa shape index (κ1) is 14.3. The van der Waals surface area contributed by atoms with Crippen molar-refractivity contribution in [3.63, 3.8) is 0 Å². The lowest BCUT2D eigenvalue weighted by molar-refractivity contribution is -0.274. The van der Waals surface area contributed by atoms with E-state index in [0.717, 1.165) is 17.4 Å². The number of anilines is 1. The first-order valence-electron chi connectivity index (χ1n) is 5.33. The Balaban J connectivity index is 1.99. The van der Waals surface area contributed by atoms with E-state index < -0.39 is 12.3 Å². The predicted molar refractivity (Wildman–Crippen MR) is 65.4 cm³/mol. The van der Waals surface area contributed by atoms with Crippen LogP contribution in [0.2, 0.25) is 0 Å². The molecule has 0 radical (unpaired) electrons. The zero-order valence-corrected chi connectivity index (χ0v) is 10.7. The third-order valence-corrected chi connectivity index (χ3v) is 2.71. The molecule has 1 heterocycles. The molecule has 106 valence electrons. The Morgan fingerprint density at radius 2 is 2.20 bits per heavy atom. The van der Waals surface area contributed by atoms with Crippen LogP contribution in [-0.2, 0) is 11.2 Å². The average Bonchev–Trinajstić information content (AvgIpc) is 2.79. The number of amides is 1. The maximum atomic E-state index is 12.1. The van der Waals surface area contributed by atoms with Crippen molar-refractivity contribution in [2.24, 2.45) is 0 Å². The Bertz CT molecular complexity index is 587. The van der Waals surface area contributed by atoms with Crippen LogP contribution in [0, 0.1) is 0 Å². The van der Waals surface area contributed by atoms with E-state index in [1.165, 1.54) is 23.7 Å². The molecule has 0 atom stereocenters. The molecule has 2 rings (SSSR count). The second-order valence-corrected chi connectivity index (χ2v) is 4.50. The van der Waals surface area contributed by atoms with Crippen molar-refractivity contribution in [1.82, 2.24) is 10.2 Å². The third-order valence-electron chi connectivity index (χ3n) is 2.10. The molecule has 0 unspecified atom stereocenters. The maximum Gasteiger partial charge on any atom is 0.573 e. The first-order valence-corrected chi connectivity index (χ1v) is 6.21. The van der Waals surface area contributed by atoms with Crippen LogP contribution < -0.4 is 10.1 Å². The molecule has 1 amide bonds.